The summed E-state index contributed by atoms with van der Waals surface area (Å²) in [5, 5.41) is 0. The van der Waals surface area contributed by atoms with E-state index in [0.717, 1.165) is 25.8 Å². The van der Waals surface area contributed by atoms with Gasteiger partial charge in [0.2, 0.25) is 0 Å². The molecular weight excluding hydrogens is 198 g/mol. The van der Waals surface area contributed by atoms with E-state index in [1.54, 1.807) is 0 Å². The Morgan fingerprint density at radius 2 is 2.06 bits per heavy atom. The summed E-state index contributed by atoms with van der Waals surface area (Å²) in [6, 6.07) is 10.7. The van der Waals surface area contributed by atoms with Crippen LogP contribution in [0, 0.1) is 5.92 Å². The first-order chi connectivity index (χ1) is 7.79. The molecule has 0 saturated carbocycles. The number of benzene rings is 1. The summed E-state index contributed by atoms with van der Waals surface area (Å²) in [4.78, 5) is 0. The molecule has 1 aromatic rings. The molecule has 2 nitrogen and oxygen atoms in total. The van der Waals surface area contributed by atoms with Crippen LogP contribution in [0.1, 0.15) is 25.3 Å². The highest BCUT2D eigenvalue weighted by atomic mass is 16.5. The number of rotatable bonds is 4. The third-order valence-corrected chi connectivity index (χ3v) is 3.47. The Hall–Kier alpha value is -0.860. The second-order valence-electron chi connectivity index (χ2n) is 4.73. The molecule has 3 atom stereocenters. The van der Waals surface area contributed by atoms with Crippen molar-refractivity contribution in [2.24, 2.45) is 11.7 Å². The van der Waals surface area contributed by atoms with Crippen LogP contribution in [-0.2, 0) is 11.2 Å². The highest BCUT2D eigenvalue weighted by Gasteiger charge is 2.31. The summed E-state index contributed by atoms with van der Waals surface area (Å²) in [6.07, 6.45) is 4.04. The Balaban J connectivity index is 1.91. The van der Waals surface area contributed by atoms with Gasteiger partial charge in [-0.2, -0.15) is 0 Å². The summed E-state index contributed by atoms with van der Waals surface area (Å²) >= 11 is 0. The summed E-state index contributed by atoms with van der Waals surface area (Å²) in [7, 11) is 0. The van der Waals surface area contributed by atoms with E-state index in [-0.39, 0.29) is 0 Å². The maximum absolute atomic E-state index is 5.91. The Morgan fingerprint density at radius 1 is 1.31 bits per heavy atom. The van der Waals surface area contributed by atoms with Crippen molar-refractivity contribution in [3.05, 3.63) is 35.9 Å². The molecule has 0 unspecified atom stereocenters. The molecule has 2 heteroatoms. The first-order valence-corrected chi connectivity index (χ1v) is 6.19. The highest BCUT2D eigenvalue weighted by Crippen LogP contribution is 2.30. The van der Waals surface area contributed by atoms with Gasteiger partial charge in [0.05, 0.1) is 12.2 Å². The third kappa shape index (κ3) is 2.83. The Morgan fingerprint density at radius 3 is 2.75 bits per heavy atom. The van der Waals surface area contributed by atoms with Gasteiger partial charge in [0.15, 0.2) is 0 Å². The second-order valence-corrected chi connectivity index (χ2v) is 4.73. The molecule has 0 spiro atoms. The van der Waals surface area contributed by atoms with E-state index in [4.69, 9.17) is 10.5 Å². The van der Waals surface area contributed by atoms with Crippen molar-refractivity contribution in [2.45, 2.75) is 38.4 Å². The summed E-state index contributed by atoms with van der Waals surface area (Å²) in [6.45, 7) is 2.92. The van der Waals surface area contributed by atoms with Crippen LogP contribution in [0.5, 0.6) is 0 Å². The summed E-state index contributed by atoms with van der Waals surface area (Å²) in [5.74, 6) is 0.652. The van der Waals surface area contributed by atoms with Crippen LogP contribution in [0.15, 0.2) is 30.3 Å². The fraction of sp³-hybridized carbons (Fsp3) is 0.571. The summed E-state index contributed by atoms with van der Waals surface area (Å²) < 4.78 is 5.91. The van der Waals surface area contributed by atoms with Crippen LogP contribution in [0.2, 0.25) is 0 Å². The largest absolute Gasteiger partial charge is 0.375 e. The smallest absolute Gasteiger partial charge is 0.0594 e. The van der Waals surface area contributed by atoms with E-state index in [1.165, 1.54) is 5.56 Å². The molecule has 0 amide bonds. The van der Waals surface area contributed by atoms with Crippen LogP contribution < -0.4 is 5.73 Å². The Kier molecular flexibility index (Phi) is 3.97. The fourth-order valence-electron chi connectivity index (χ4n) is 2.54. The Labute approximate surface area is 97.8 Å². The zero-order valence-electron chi connectivity index (χ0n) is 9.93. The Bertz CT molecular complexity index is 312. The van der Waals surface area contributed by atoms with Gasteiger partial charge in [-0.25, -0.2) is 0 Å². The monoisotopic (exact) mass is 219 g/mol. The minimum absolute atomic E-state index is 0.372. The van der Waals surface area contributed by atoms with Crippen LogP contribution >= 0.6 is 0 Å². The average Bonchev–Trinajstić information content (AvgIpc) is 2.61. The minimum Gasteiger partial charge on any atom is -0.375 e. The van der Waals surface area contributed by atoms with Crippen molar-refractivity contribution < 1.29 is 4.74 Å². The van der Waals surface area contributed by atoms with Crippen molar-refractivity contribution >= 4 is 0 Å². The van der Waals surface area contributed by atoms with Crippen molar-refractivity contribution in [3.8, 4) is 0 Å². The molecule has 0 aromatic heterocycles. The van der Waals surface area contributed by atoms with E-state index in [9.17, 15) is 0 Å². The number of hydrogen-bond acceptors (Lipinski definition) is 2. The van der Waals surface area contributed by atoms with Crippen molar-refractivity contribution in [2.75, 3.05) is 6.54 Å². The van der Waals surface area contributed by atoms with Crippen LogP contribution in [-0.4, -0.2) is 18.8 Å². The van der Waals surface area contributed by atoms with Crippen molar-refractivity contribution in [3.63, 3.8) is 0 Å². The van der Waals surface area contributed by atoms with Gasteiger partial charge in [0.1, 0.15) is 0 Å². The van der Waals surface area contributed by atoms with E-state index < -0.39 is 0 Å². The molecule has 1 aliphatic rings. The maximum atomic E-state index is 5.91. The van der Waals surface area contributed by atoms with Gasteiger partial charge >= 0.3 is 0 Å². The second kappa shape index (κ2) is 5.46. The molecule has 88 valence electrons. The third-order valence-electron chi connectivity index (χ3n) is 3.47. The predicted molar refractivity (Wildman–Crippen MR) is 66.3 cm³/mol. The van der Waals surface area contributed by atoms with E-state index in [0.29, 0.717) is 18.1 Å². The molecule has 2 N–H and O–H groups in total. The molecule has 1 fully saturated rings. The fourth-order valence-corrected chi connectivity index (χ4v) is 2.54. The molecule has 0 radical (unpaired) electrons. The topological polar surface area (TPSA) is 35.2 Å². The lowest BCUT2D eigenvalue weighted by Crippen LogP contribution is -2.14. The lowest BCUT2D eigenvalue weighted by atomic mass is 9.92. The standard InChI is InChI=1S/C14H21NO/c1-11-13(10-14(16-11)7-8-15)9-12-5-3-2-4-6-12/h2-6,11,13-14H,7-10,15H2,1H3/t11-,13-,14-/m0/s1. The molecule has 0 bridgehead atoms. The van der Waals surface area contributed by atoms with Crippen LogP contribution in [0.4, 0.5) is 0 Å². The molecule has 0 aliphatic carbocycles. The first-order valence-electron chi connectivity index (χ1n) is 6.19. The van der Waals surface area contributed by atoms with Gasteiger partial charge in [-0.05, 0) is 44.2 Å². The average molecular weight is 219 g/mol. The van der Waals surface area contributed by atoms with Crippen LogP contribution in [0.25, 0.3) is 0 Å². The number of ether oxygens (including phenoxy) is 1. The zero-order chi connectivity index (χ0) is 11.4. The molecule has 1 aromatic carbocycles. The lowest BCUT2D eigenvalue weighted by molar-refractivity contribution is 0.0430. The minimum atomic E-state index is 0.372. The maximum Gasteiger partial charge on any atom is 0.0594 e. The molecule has 1 saturated heterocycles. The van der Waals surface area contributed by atoms with E-state index in [1.807, 2.05) is 0 Å². The molecule has 2 rings (SSSR count). The quantitative estimate of drug-likeness (QED) is 0.843. The van der Waals surface area contributed by atoms with Gasteiger partial charge < -0.3 is 10.5 Å². The lowest BCUT2D eigenvalue weighted by Gasteiger charge is -2.13. The van der Waals surface area contributed by atoms with Gasteiger partial charge in [0.25, 0.3) is 0 Å². The molecular formula is C14H21NO. The highest BCUT2D eigenvalue weighted by molar-refractivity contribution is 5.15. The zero-order valence-corrected chi connectivity index (χ0v) is 9.93. The van der Waals surface area contributed by atoms with Gasteiger partial charge in [-0.1, -0.05) is 30.3 Å². The molecule has 1 heterocycles. The van der Waals surface area contributed by atoms with Gasteiger partial charge in [0, 0.05) is 0 Å². The van der Waals surface area contributed by atoms with Gasteiger partial charge in [-0.15, -0.1) is 0 Å². The van der Waals surface area contributed by atoms with Crippen LogP contribution in [0.3, 0.4) is 0 Å². The normalized spacial score (nSPS) is 29.5. The SMILES string of the molecule is C[C@@H]1O[C@@H](CCN)C[C@@H]1Cc1ccccc1. The number of nitrogens with two attached hydrogens (primary N) is 1. The van der Waals surface area contributed by atoms with E-state index >= 15 is 0 Å². The first kappa shape index (κ1) is 11.6. The number of hydrogen-bond donors (Lipinski definition) is 1. The molecule has 1 aliphatic heterocycles. The van der Waals surface area contributed by atoms with E-state index in [2.05, 4.69) is 37.3 Å². The summed E-state index contributed by atoms with van der Waals surface area (Å²) in [5.41, 5.74) is 6.99. The van der Waals surface area contributed by atoms with Crippen molar-refractivity contribution in [1.29, 1.82) is 0 Å². The van der Waals surface area contributed by atoms with Gasteiger partial charge in [-0.3, -0.25) is 0 Å². The predicted octanol–water partition coefficient (Wildman–Crippen LogP) is 2.37. The molecule has 16 heavy (non-hydrogen) atoms. The van der Waals surface area contributed by atoms with Crippen molar-refractivity contribution in [1.82, 2.24) is 0 Å².